The first-order valence-corrected chi connectivity index (χ1v) is 15.9. The highest BCUT2D eigenvalue weighted by molar-refractivity contribution is 5.69. The van der Waals surface area contributed by atoms with Crippen LogP contribution in [-0.2, 0) is 23.1 Å². The Balaban J connectivity index is 0.878. The molecule has 3 fully saturated rings. The van der Waals surface area contributed by atoms with Crippen LogP contribution in [0.3, 0.4) is 0 Å². The number of hydrogen-bond acceptors (Lipinski definition) is 13. The zero-order valence-corrected chi connectivity index (χ0v) is 26.9. The first-order chi connectivity index (χ1) is 22.2. The highest BCUT2D eigenvalue weighted by Gasteiger charge is 2.32. The smallest absolute Gasteiger partial charge is 0.410 e. The molecule has 244 valence electrons. The molecule has 0 aromatic carbocycles. The van der Waals surface area contributed by atoms with Crippen molar-refractivity contribution in [3.63, 3.8) is 0 Å². The number of nitrogens with zero attached hydrogens (tertiary/aromatic N) is 13. The lowest BCUT2D eigenvalue weighted by Gasteiger charge is -2.44. The van der Waals surface area contributed by atoms with Gasteiger partial charge in [0.1, 0.15) is 5.60 Å². The van der Waals surface area contributed by atoms with Crippen molar-refractivity contribution in [2.45, 2.75) is 39.0 Å². The fraction of sp³-hybridized carbons (Fsp3) is 0.600. The minimum absolute atomic E-state index is 0.121. The second-order valence-corrected chi connectivity index (χ2v) is 13.3. The molecule has 46 heavy (non-hydrogen) atoms. The third-order valence-electron chi connectivity index (χ3n) is 8.51. The molecular weight excluding hydrogens is 590 g/mol. The molecule has 3 aliphatic rings. The zero-order valence-electron chi connectivity index (χ0n) is 26.9. The average molecular weight is 632 g/mol. The van der Waals surface area contributed by atoms with Crippen LogP contribution in [0.1, 0.15) is 20.8 Å². The lowest BCUT2D eigenvalue weighted by molar-refractivity contribution is 0.0129. The molecule has 4 aromatic heterocycles. The first-order valence-electron chi connectivity index (χ1n) is 15.9. The van der Waals surface area contributed by atoms with Crippen molar-refractivity contribution in [1.29, 1.82) is 0 Å². The maximum atomic E-state index is 12.4. The molecule has 0 bridgehead atoms. The van der Waals surface area contributed by atoms with Crippen LogP contribution in [-0.4, -0.2) is 138 Å². The van der Waals surface area contributed by atoms with Gasteiger partial charge in [-0.2, -0.15) is 5.10 Å². The molecule has 1 atom stereocenters. The molecule has 3 saturated heterocycles. The third kappa shape index (κ3) is 6.72. The number of carbonyl (C=O) groups excluding carboxylic acids is 1. The van der Waals surface area contributed by atoms with Crippen LogP contribution < -0.4 is 9.80 Å². The molecule has 0 aliphatic carbocycles. The Morgan fingerprint density at radius 3 is 2.46 bits per heavy atom. The number of hydrogen-bond donors (Lipinski definition) is 0. The van der Waals surface area contributed by atoms with Crippen LogP contribution >= 0.6 is 0 Å². The van der Waals surface area contributed by atoms with Crippen molar-refractivity contribution < 1.29 is 14.3 Å². The predicted octanol–water partition coefficient (Wildman–Crippen LogP) is 1.31. The Kier molecular flexibility index (Phi) is 8.15. The van der Waals surface area contributed by atoms with E-state index in [1.165, 1.54) is 0 Å². The Labute approximate surface area is 267 Å². The number of aromatic nitrogens is 9. The van der Waals surface area contributed by atoms with Gasteiger partial charge in [0.2, 0.25) is 11.6 Å². The molecular formula is C30H41N13O3. The van der Waals surface area contributed by atoms with Crippen molar-refractivity contribution >= 4 is 29.0 Å². The number of carbonyl (C=O) groups is 1. The fourth-order valence-corrected chi connectivity index (χ4v) is 6.12. The molecule has 16 heteroatoms. The van der Waals surface area contributed by atoms with E-state index in [4.69, 9.17) is 19.4 Å². The summed E-state index contributed by atoms with van der Waals surface area (Å²) >= 11 is 0. The molecule has 0 radical (unpaired) electrons. The minimum atomic E-state index is -0.465. The molecule has 0 unspecified atom stereocenters. The van der Waals surface area contributed by atoms with Gasteiger partial charge < -0.3 is 24.2 Å². The van der Waals surface area contributed by atoms with E-state index in [0.29, 0.717) is 61.6 Å². The highest BCUT2D eigenvalue weighted by Crippen LogP contribution is 2.26. The Hall–Kier alpha value is -4.44. The largest absolute Gasteiger partial charge is 0.444 e. The number of aryl methyl sites for hydroxylation is 1. The normalized spacial score (nSPS) is 19.9. The second kappa shape index (κ2) is 12.4. The summed E-state index contributed by atoms with van der Waals surface area (Å²) in [5.41, 5.74) is 3.26. The zero-order chi connectivity index (χ0) is 31.8. The summed E-state index contributed by atoms with van der Waals surface area (Å²) in [5.74, 6) is 1.29. The van der Waals surface area contributed by atoms with Crippen LogP contribution in [0, 0.1) is 5.92 Å². The van der Waals surface area contributed by atoms with Crippen molar-refractivity contribution in [3.8, 4) is 11.3 Å². The Morgan fingerprint density at radius 1 is 0.957 bits per heavy atom. The number of ether oxygens (including phenoxy) is 2. The summed E-state index contributed by atoms with van der Waals surface area (Å²) in [4.78, 5) is 39.7. The van der Waals surface area contributed by atoms with Crippen LogP contribution in [0.25, 0.3) is 22.6 Å². The van der Waals surface area contributed by atoms with Crippen molar-refractivity contribution in [3.05, 3.63) is 31.0 Å². The van der Waals surface area contributed by atoms with Crippen molar-refractivity contribution in [2.24, 2.45) is 13.0 Å². The van der Waals surface area contributed by atoms with Crippen LogP contribution in [0.4, 0.5) is 16.4 Å². The summed E-state index contributed by atoms with van der Waals surface area (Å²) < 4.78 is 15.1. The quantitative estimate of drug-likeness (QED) is 0.289. The molecule has 7 heterocycles. The first kappa shape index (κ1) is 30.2. The second-order valence-electron chi connectivity index (χ2n) is 13.3. The maximum absolute atomic E-state index is 12.4. The molecule has 0 saturated carbocycles. The van der Waals surface area contributed by atoms with E-state index < -0.39 is 5.60 Å². The summed E-state index contributed by atoms with van der Waals surface area (Å²) in [5, 5.41) is 12.7. The topological polar surface area (TPSA) is 149 Å². The number of anilines is 2. The molecule has 0 N–H and O–H groups in total. The summed E-state index contributed by atoms with van der Waals surface area (Å²) in [6.45, 7) is 14.3. The lowest BCUT2D eigenvalue weighted by atomic mass is 9.98. The van der Waals surface area contributed by atoms with E-state index in [1.54, 1.807) is 21.8 Å². The fourth-order valence-electron chi connectivity index (χ4n) is 6.12. The van der Waals surface area contributed by atoms with Gasteiger partial charge in [-0.1, -0.05) is 5.21 Å². The van der Waals surface area contributed by atoms with Crippen LogP contribution in [0.15, 0.2) is 31.0 Å². The summed E-state index contributed by atoms with van der Waals surface area (Å²) in [7, 11) is 1.86. The van der Waals surface area contributed by atoms with Gasteiger partial charge >= 0.3 is 6.09 Å². The number of morpholine rings is 1. The van der Waals surface area contributed by atoms with Gasteiger partial charge in [0.15, 0.2) is 5.65 Å². The van der Waals surface area contributed by atoms with Crippen molar-refractivity contribution in [2.75, 3.05) is 75.3 Å². The third-order valence-corrected chi connectivity index (χ3v) is 8.51. The van der Waals surface area contributed by atoms with E-state index in [9.17, 15) is 4.79 Å². The van der Waals surface area contributed by atoms with E-state index >= 15 is 0 Å². The Morgan fingerprint density at radius 2 is 1.74 bits per heavy atom. The molecule has 16 nitrogen and oxygen atoms in total. The number of rotatable bonds is 7. The number of fused-ring (bicyclic) bond motifs is 1. The van der Waals surface area contributed by atoms with E-state index in [-0.39, 0.29) is 12.2 Å². The average Bonchev–Trinajstić information content (AvgIpc) is 3.64. The van der Waals surface area contributed by atoms with E-state index in [1.807, 2.05) is 51.3 Å². The van der Waals surface area contributed by atoms with Crippen LogP contribution in [0.2, 0.25) is 0 Å². The van der Waals surface area contributed by atoms with Gasteiger partial charge in [0, 0.05) is 83.6 Å². The van der Waals surface area contributed by atoms with E-state index in [0.717, 1.165) is 50.5 Å². The number of piperazine rings is 1. The van der Waals surface area contributed by atoms with Crippen molar-refractivity contribution in [1.82, 2.24) is 54.5 Å². The molecule has 3 aliphatic heterocycles. The van der Waals surface area contributed by atoms with Gasteiger partial charge in [0.25, 0.3) is 0 Å². The van der Waals surface area contributed by atoms with Gasteiger partial charge in [-0.05, 0) is 20.8 Å². The standard InChI is InChI=1S/C30H41N13O3/c1-30(2,3)46-29(44)40-7-5-39(6-8-40)15-21-16-42(17-21)23-12-32-28(33-13-23)41-9-10-45-24(19-41)20-43-27-26(36-37-43)35-25(14-31-27)22-11-34-38(4)18-22/h11-14,18,21,24H,5-10,15-17,19-20H2,1-4H3/t24-/m0/s1. The van der Waals surface area contributed by atoms with Gasteiger partial charge in [-0.25, -0.2) is 29.4 Å². The number of amides is 1. The predicted molar refractivity (Wildman–Crippen MR) is 169 cm³/mol. The molecule has 7 rings (SSSR count). The Bertz CT molecular complexity index is 1650. The molecule has 0 spiro atoms. The lowest BCUT2D eigenvalue weighted by Crippen LogP contribution is -2.56. The maximum Gasteiger partial charge on any atom is 0.410 e. The SMILES string of the molecule is Cn1cc(-c2cnc3c(nnn3C[C@@H]3CN(c4ncc(N5CC(CN6CCN(C(=O)OC(C)(C)C)CC6)C5)cn4)CCO3)n2)cn1. The summed E-state index contributed by atoms with van der Waals surface area (Å²) in [6.07, 6.45) is 8.86. The van der Waals surface area contributed by atoms with Crippen LogP contribution in [0.5, 0.6) is 0 Å². The highest BCUT2D eigenvalue weighted by atomic mass is 16.6. The molecule has 1 amide bonds. The van der Waals surface area contributed by atoms with Gasteiger partial charge in [-0.3, -0.25) is 9.58 Å². The van der Waals surface area contributed by atoms with Gasteiger partial charge in [0.05, 0.1) is 55.4 Å². The van der Waals surface area contributed by atoms with E-state index in [2.05, 4.69) is 40.1 Å². The molecule has 4 aromatic rings. The summed E-state index contributed by atoms with van der Waals surface area (Å²) in [6, 6.07) is 0. The minimum Gasteiger partial charge on any atom is -0.444 e. The monoisotopic (exact) mass is 631 g/mol. The van der Waals surface area contributed by atoms with Gasteiger partial charge in [-0.15, -0.1) is 5.10 Å².